The minimum absolute atomic E-state index is 0.183. The van der Waals surface area contributed by atoms with Gasteiger partial charge in [0.1, 0.15) is 0 Å². The van der Waals surface area contributed by atoms with Crippen molar-refractivity contribution in [2.45, 2.75) is 43.6 Å². The van der Waals surface area contributed by atoms with Crippen molar-refractivity contribution in [2.24, 2.45) is 0 Å². The first kappa shape index (κ1) is 23.4. The zero-order valence-electron chi connectivity index (χ0n) is 18.9. The SMILES string of the molecule is FC(F)(F)c1ccc(Cl)c(CN2CC(C(c3ccccc3)c3ccccc3)N3CCC[C@H]3C2)c1. The van der Waals surface area contributed by atoms with E-state index in [9.17, 15) is 13.2 Å². The summed E-state index contributed by atoms with van der Waals surface area (Å²) >= 11 is 6.36. The van der Waals surface area contributed by atoms with E-state index >= 15 is 0 Å². The van der Waals surface area contributed by atoms with Gasteiger partial charge in [-0.05, 0) is 54.3 Å². The van der Waals surface area contributed by atoms with Gasteiger partial charge in [0.25, 0.3) is 0 Å². The minimum Gasteiger partial charge on any atom is -0.296 e. The number of benzene rings is 3. The van der Waals surface area contributed by atoms with Crippen LogP contribution in [-0.2, 0) is 12.7 Å². The second-order valence-electron chi connectivity index (χ2n) is 9.40. The highest BCUT2D eigenvalue weighted by molar-refractivity contribution is 6.31. The Bertz CT molecular complexity index is 1060. The topological polar surface area (TPSA) is 6.48 Å². The Hall–Kier alpha value is -2.34. The van der Waals surface area contributed by atoms with E-state index in [1.165, 1.54) is 23.3 Å². The number of halogens is 4. The standard InChI is InChI=1S/C28H28ClF3N2/c29-25-14-13-23(28(30,31)32)16-22(25)17-33-18-24-12-7-15-34(24)26(19-33)27(20-8-3-1-4-9-20)21-10-5-2-6-11-21/h1-6,8-11,13-14,16,24,26-27H,7,12,15,17-19H2/t24-,26?/m0/s1. The smallest absolute Gasteiger partial charge is 0.296 e. The summed E-state index contributed by atoms with van der Waals surface area (Å²) in [5.41, 5.74) is 2.43. The van der Waals surface area contributed by atoms with Crippen LogP contribution in [0.4, 0.5) is 13.2 Å². The molecule has 0 amide bonds. The average molecular weight is 485 g/mol. The van der Waals surface area contributed by atoms with Gasteiger partial charge in [0.2, 0.25) is 0 Å². The molecule has 2 aliphatic heterocycles. The molecule has 1 unspecified atom stereocenters. The molecular weight excluding hydrogens is 457 g/mol. The number of piperazine rings is 1. The van der Waals surface area contributed by atoms with E-state index in [-0.39, 0.29) is 12.0 Å². The second kappa shape index (κ2) is 9.73. The van der Waals surface area contributed by atoms with Crippen LogP contribution in [0.3, 0.4) is 0 Å². The van der Waals surface area contributed by atoms with E-state index in [0.29, 0.717) is 23.2 Å². The Labute approximate surface area is 204 Å². The molecule has 2 fully saturated rings. The number of alkyl halides is 3. The van der Waals surface area contributed by atoms with Gasteiger partial charge in [0.15, 0.2) is 0 Å². The molecule has 2 nitrogen and oxygen atoms in total. The predicted molar refractivity (Wildman–Crippen MR) is 130 cm³/mol. The van der Waals surface area contributed by atoms with Crippen LogP contribution in [0.2, 0.25) is 5.02 Å². The number of rotatable bonds is 5. The third kappa shape index (κ3) is 4.88. The maximum absolute atomic E-state index is 13.3. The van der Waals surface area contributed by atoms with Gasteiger partial charge in [0.05, 0.1) is 5.56 Å². The van der Waals surface area contributed by atoms with Gasteiger partial charge in [-0.1, -0.05) is 72.3 Å². The largest absolute Gasteiger partial charge is 0.416 e. The summed E-state index contributed by atoms with van der Waals surface area (Å²) in [5.74, 6) is 0.183. The summed E-state index contributed by atoms with van der Waals surface area (Å²) in [6.07, 6.45) is -2.12. The van der Waals surface area contributed by atoms with Crippen molar-refractivity contribution in [1.29, 1.82) is 0 Å². The number of nitrogens with zero attached hydrogens (tertiary/aromatic N) is 2. The number of hydrogen-bond donors (Lipinski definition) is 0. The van der Waals surface area contributed by atoms with Crippen LogP contribution in [0, 0.1) is 0 Å². The first-order chi connectivity index (χ1) is 16.4. The number of fused-ring (bicyclic) bond motifs is 1. The molecule has 2 saturated heterocycles. The Morgan fingerprint density at radius 2 is 1.53 bits per heavy atom. The lowest BCUT2D eigenvalue weighted by atomic mass is 9.82. The Balaban J connectivity index is 1.48. The molecule has 6 heteroatoms. The monoisotopic (exact) mass is 484 g/mol. The molecule has 0 radical (unpaired) electrons. The summed E-state index contributed by atoms with van der Waals surface area (Å²) in [7, 11) is 0. The van der Waals surface area contributed by atoms with Crippen LogP contribution >= 0.6 is 11.6 Å². The van der Waals surface area contributed by atoms with Crippen molar-refractivity contribution in [3.63, 3.8) is 0 Å². The van der Waals surface area contributed by atoms with E-state index in [1.807, 2.05) is 12.1 Å². The van der Waals surface area contributed by atoms with Crippen LogP contribution in [0.25, 0.3) is 0 Å². The van der Waals surface area contributed by atoms with Crippen LogP contribution in [-0.4, -0.2) is 41.5 Å². The third-order valence-electron chi connectivity index (χ3n) is 7.23. The molecule has 3 aromatic carbocycles. The van der Waals surface area contributed by atoms with Gasteiger partial charge < -0.3 is 0 Å². The molecule has 0 aromatic heterocycles. The fraction of sp³-hybridized carbons (Fsp3) is 0.357. The lowest BCUT2D eigenvalue weighted by Gasteiger charge is -2.47. The average Bonchev–Trinajstić information content (AvgIpc) is 3.30. The zero-order valence-corrected chi connectivity index (χ0v) is 19.6. The molecule has 0 N–H and O–H groups in total. The number of hydrogen-bond acceptors (Lipinski definition) is 2. The first-order valence-electron chi connectivity index (χ1n) is 11.8. The molecule has 2 heterocycles. The van der Waals surface area contributed by atoms with Crippen molar-refractivity contribution >= 4 is 11.6 Å². The maximum Gasteiger partial charge on any atom is 0.416 e. The summed E-state index contributed by atoms with van der Waals surface area (Å²) < 4.78 is 40.0. The van der Waals surface area contributed by atoms with Gasteiger partial charge in [-0.2, -0.15) is 13.2 Å². The zero-order chi connectivity index (χ0) is 23.7. The molecule has 178 valence electrons. The highest BCUT2D eigenvalue weighted by Crippen LogP contribution is 2.38. The molecule has 2 aliphatic rings. The highest BCUT2D eigenvalue weighted by atomic mass is 35.5. The van der Waals surface area contributed by atoms with Gasteiger partial charge in [-0.15, -0.1) is 0 Å². The Kier molecular flexibility index (Phi) is 6.70. The van der Waals surface area contributed by atoms with Gasteiger partial charge >= 0.3 is 6.18 Å². The molecule has 0 spiro atoms. The van der Waals surface area contributed by atoms with E-state index in [0.717, 1.165) is 38.5 Å². The van der Waals surface area contributed by atoms with Crippen LogP contribution < -0.4 is 0 Å². The van der Waals surface area contributed by atoms with Crippen molar-refractivity contribution in [3.05, 3.63) is 106 Å². The van der Waals surface area contributed by atoms with E-state index < -0.39 is 11.7 Å². The Morgan fingerprint density at radius 3 is 2.15 bits per heavy atom. The third-order valence-corrected chi connectivity index (χ3v) is 7.60. The summed E-state index contributed by atoms with van der Waals surface area (Å²) in [5, 5.41) is 0.390. The van der Waals surface area contributed by atoms with Gasteiger partial charge in [-0.3, -0.25) is 9.80 Å². The van der Waals surface area contributed by atoms with Gasteiger partial charge in [-0.25, -0.2) is 0 Å². The maximum atomic E-state index is 13.3. The molecule has 2 atom stereocenters. The molecule has 0 saturated carbocycles. The molecule has 5 rings (SSSR count). The lowest BCUT2D eigenvalue weighted by molar-refractivity contribution is -0.137. The summed E-state index contributed by atoms with van der Waals surface area (Å²) in [4.78, 5) is 4.94. The van der Waals surface area contributed by atoms with Crippen LogP contribution in [0.15, 0.2) is 78.9 Å². The van der Waals surface area contributed by atoms with E-state index in [4.69, 9.17) is 11.6 Å². The fourth-order valence-electron chi connectivity index (χ4n) is 5.73. The highest BCUT2D eigenvalue weighted by Gasteiger charge is 2.42. The minimum atomic E-state index is -4.38. The molecular formula is C28H28ClF3N2. The van der Waals surface area contributed by atoms with Crippen molar-refractivity contribution in [3.8, 4) is 0 Å². The van der Waals surface area contributed by atoms with Gasteiger partial charge in [0, 0.05) is 42.7 Å². The summed E-state index contributed by atoms with van der Waals surface area (Å²) in [6, 6.07) is 25.4. The molecule has 3 aromatic rings. The normalized spacial score (nSPS) is 21.7. The molecule has 34 heavy (non-hydrogen) atoms. The van der Waals surface area contributed by atoms with Crippen LogP contribution in [0.5, 0.6) is 0 Å². The first-order valence-corrected chi connectivity index (χ1v) is 12.2. The molecule has 0 aliphatic carbocycles. The van der Waals surface area contributed by atoms with E-state index in [2.05, 4.69) is 58.3 Å². The Morgan fingerprint density at radius 1 is 0.882 bits per heavy atom. The fourth-order valence-corrected chi connectivity index (χ4v) is 5.91. The quantitative estimate of drug-likeness (QED) is 0.391. The van der Waals surface area contributed by atoms with Crippen molar-refractivity contribution in [1.82, 2.24) is 9.80 Å². The van der Waals surface area contributed by atoms with Crippen molar-refractivity contribution in [2.75, 3.05) is 19.6 Å². The van der Waals surface area contributed by atoms with Crippen LogP contribution in [0.1, 0.15) is 41.0 Å². The van der Waals surface area contributed by atoms with E-state index in [1.54, 1.807) is 0 Å². The van der Waals surface area contributed by atoms with Crippen molar-refractivity contribution < 1.29 is 13.2 Å². The predicted octanol–water partition coefficient (Wildman–Crippen LogP) is 6.84. The molecule has 0 bridgehead atoms. The lowest BCUT2D eigenvalue weighted by Crippen LogP contribution is -2.57. The second-order valence-corrected chi connectivity index (χ2v) is 9.81. The summed E-state index contributed by atoms with van der Waals surface area (Å²) in [6.45, 7) is 3.10.